The number of carbonyl (C=O) groups excluding carboxylic acids is 1. The van der Waals surface area contributed by atoms with Gasteiger partial charge in [-0.2, -0.15) is 0 Å². The lowest BCUT2D eigenvalue weighted by Crippen LogP contribution is -2.59. The molecule has 0 saturated carbocycles. The average Bonchev–Trinajstić information content (AvgIpc) is 2.73. The Morgan fingerprint density at radius 3 is 2.71 bits per heavy atom. The van der Waals surface area contributed by atoms with Gasteiger partial charge in [0.15, 0.2) is 5.76 Å². The molecule has 0 bridgehead atoms. The minimum Gasteiger partial charge on any atom is -0.456 e. The molecule has 1 fully saturated rings. The van der Waals surface area contributed by atoms with Crippen molar-refractivity contribution < 1.29 is 9.21 Å². The standard InChI is InChI=1S/C13H20N2O2/c1-3-7-15(10-8-14-9-10)13(16)12-6-5-11(4-2)17-12/h5-6,10,14H,3-4,7-9H2,1-2H3. The van der Waals surface area contributed by atoms with Crippen LogP contribution in [0.4, 0.5) is 0 Å². The fourth-order valence-corrected chi connectivity index (χ4v) is 2.01. The summed E-state index contributed by atoms with van der Waals surface area (Å²) in [6, 6.07) is 4.00. The highest BCUT2D eigenvalue weighted by Gasteiger charge is 2.29. The molecule has 0 aromatic carbocycles. The second kappa shape index (κ2) is 5.36. The van der Waals surface area contributed by atoms with Crippen LogP contribution >= 0.6 is 0 Å². The summed E-state index contributed by atoms with van der Waals surface area (Å²) in [4.78, 5) is 14.2. The van der Waals surface area contributed by atoms with E-state index in [2.05, 4.69) is 12.2 Å². The maximum Gasteiger partial charge on any atom is 0.289 e. The van der Waals surface area contributed by atoms with Crippen LogP contribution in [0, 0.1) is 0 Å². The second-order valence-corrected chi connectivity index (χ2v) is 4.43. The van der Waals surface area contributed by atoms with Crippen molar-refractivity contribution in [3.63, 3.8) is 0 Å². The monoisotopic (exact) mass is 236 g/mol. The van der Waals surface area contributed by atoms with Crippen molar-refractivity contribution in [2.75, 3.05) is 19.6 Å². The molecule has 1 saturated heterocycles. The van der Waals surface area contributed by atoms with Crippen molar-refractivity contribution in [1.82, 2.24) is 10.2 Å². The Morgan fingerprint density at radius 1 is 1.47 bits per heavy atom. The van der Waals surface area contributed by atoms with E-state index in [0.29, 0.717) is 11.8 Å². The van der Waals surface area contributed by atoms with Crippen LogP contribution < -0.4 is 5.32 Å². The van der Waals surface area contributed by atoms with Gasteiger partial charge in [0.25, 0.3) is 5.91 Å². The molecule has 1 N–H and O–H groups in total. The Bertz CT molecular complexity index is 383. The maximum atomic E-state index is 12.3. The number of hydrogen-bond donors (Lipinski definition) is 1. The molecule has 94 valence electrons. The maximum absolute atomic E-state index is 12.3. The highest BCUT2D eigenvalue weighted by molar-refractivity contribution is 5.91. The van der Waals surface area contributed by atoms with Gasteiger partial charge in [0.05, 0.1) is 6.04 Å². The van der Waals surface area contributed by atoms with E-state index in [9.17, 15) is 4.79 Å². The summed E-state index contributed by atoms with van der Waals surface area (Å²) >= 11 is 0. The highest BCUT2D eigenvalue weighted by Crippen LogP contribution is 2.15. The molecule has 2 rings (SSSR count). The third kappa shape index (κ3) is 2.52. The number of furan rings is 1. The van der Waals surface area contributed by atoms with Crippen LogP contribution in [0.1, 0.15) is 36.6 Å². The van der Waals surface area contributed by atoms with Crippen molar-refractivity contribution in [2.24, 2.45) is 0 Å². The molecule has 2 heterocycles. The first kappa shape index (κ1) is 12.2. The second-order valence-electron chi connectivity index (χ2n) is 4.43. The third-order valence-corrected chi connectivity index (χ3v) is 3.15. The smallest absolute Gasteiger partial charge is 0.289 e. The molecule has 4 nitrogen and oxygen atoms in total. The van der Waals surface area contributed by atoms with Crippen molar-refractivity contribution in [1.29, 1.82) is 0 Å². The Hall–Kier alpha value is -1.29. The Balaban J connectivity index is 2.09. The van der Waals surface area contributed by atoms with E-state index in [-0.39, 0.29) is 5.91 Å². The number of aryl methyl sites for hydroxylation is 1. The molecule has 0 spiro atoms. The van der Waals surface area contributed by atoms with E-state index in [1.165, 1.54) is 0 Å². The number of hydrogen-bond acceptors (Lipinski definition) is 3. The van der Waals surface area contributed by atoms with E-state index >= 15 is 0 Å². The van der Waals surface area contributed by atoms with Crippen LogP contribution in [0.2, 0.25) is 0 Å². The zero-order valence-electron chi connectivity index (χ0n) is 10.5. The Kier molecular flexibility index (Phi) is 3.84. The summed E-state index contributed by atoms with van der Waals surface area (Å²) < 4.78 is 5.53. The molecule has 1 aliphatic rings. The number of nitrogens with zero attached hydrogens (tertiary/aromatic N) is 1. The van der Waals surface area contributed by atoms with Gasteiger partial charge in [0, 0.05) is 26.1 Å². The molecule has 0 radical (unpaired) electrons. The minimum atomic E-state index is 0.0260. The van der Waals surface area contributed by atoms with Crippen molar-refractivity contribution in [3.05, 3.63) is 23.7 Å². The van der Waals surface area contributed by atoms with E-state index in [1.807, 2.05) is 17.9 Å². The van der Waals surface area contributed by atoms with Crippen LogP contribution in [-0.2, 0) is 6.42 Å². The molecule has 0 unspecified atom stereocenters. The van der Waals surface area contributed by atoms with Crippen LogP contribution in [-0.4, -0.2) is 36.5 Å². The number of nitrogens with one attached hydrogen (secondary N) is 1. The quantitative estimate of drug-likeness (QED) is 0.845. The van der Waals surface area contributed by atoms with Gasteiger partial charge in [-0.25, -0.2) is 0 Å². The predicted molar refractivity (Wildman–Crippen MR) is 66.1 cm³/mol. The summed E-state index contributed by atoms with van der Waals surface area (Å²) in [5.74, 6) is 1.37. The molecule has 1 amide bonds. The van der Waals surface area contributed by atoms with Gasteiger partial charge in [-0.15, -0.1) is 0 Å². The van der Waals surface area contributed by atoms with Gasteiger partial charge < -0.3 is 14.6 Å². The first-order valence-corrected chi connectivity index (χ1v) is 6.36. The summed E-state index contributed by atoms with van der Waals surface area (Å²) in [5, 5.41) is 3.20. The topological polar surface area (TPSA) is 45.5 Å². The first-order chi connectivity index (χ1) is 8.26. The van der Waals surface area contributed by atoms with E-state index in [4.69, 9.17) is 4.42 Å². The molecule has 1 aromatic rings. The van der Waals surface area contributed by atoms with Crippen LogP contribution in [0.15, 0.2) is 16.5 Å². The largest absolute Gasteiger partial charge is 0.456 e. The van der Waals surface area contributed by atoms with Gasteiger partial charge in [0.2, 0.25) is 0 Å². The van der Waals surface area contributed by atoms with Crippen LogP contribution in [0.25, 0.3) is 0 Å². The Morgan fingerprint density at radius 2 is 2.24 bits per heavy atom. The normalized spacial score (nSPS) is 15.6. The van der Waals surface area contributed by atoms with E-state index < -0.39 is 0 Å². The third-order valence-electron chi connectivity index (χ3n) is 3.15. The first-order valence-electron chi connectivity index (χ1n) is 6.36. The molecular formula is C13H20N2O2. The lowest BCUT2D eigenvalue weighted by Gasteiger charge is -2.37. The predicted octanol–water partition coefficient (Wildman–Crippen LogP) is 1.67. The summed E-state index contributed by atoms with van der Waals surface area (Å²) in [6.07, 6.45) is 1.80. The fourth-order valence-electron chi connectivity index (χ4n) is 2.01. The number of amides is 1. The molecule has 1 aromatic heterocycles. The highest BCUT2D eigenvalue weighted by atomic mass is 16.4. The van der Waals surface area contributed by atoms with E-state index in [1.54, 1.807) is 6.07 Å². The summed E-state index contributed by atoms with van der Waals surface area (Å²) in [7, 11) is 0. The molecular weight excluding hydrogens is 216 g/mol. The van der Waals surface area contributed by atoms with E-state index in [0.717, 1.165) is 38.2 Å². The van der Waals surface area contributed by atoms with Crippen LogP contribution in [0.5, 0.6) is 0 Å². The van der Waals surface area contributed by atoms with Gasteiger partial charge in [-0.1, -0.05) is 13.8 Å². The zero-order valence-corrected chi connectivity index (χ0v) is 10.5. The fraction of sp³-hybridized carbons (Fsp3) is 0.615. The van der Waals surface area contributed by atoms with Crippen molar-refractivity contribution >= 4 is 5.91 Å². The molecule has 4 heteroatoms. The average molecular weight is 236 g/mol. The molecule has 1 aliphatic heterocycles. The lowest BCUT2D eigenvalue weighted by atomic mass is 10.1. The summed E-state index contributed by atoms with van der Waals surface area (Å²) in [5.41, 5.74) is 0. The molecule has 17 heavy (non-hydrogen) atoms. The van der Waals surface area contributed by atoms with Gasteiger partial charge in [-0.3, -0.25) is 4.79 Å². The number of rotatable bonds is 5. The SMILES string of the molecule is CCCN(C(=O)c1ccc(CC)o1)C1CNC1. The molecule has 0 atom stereocenters. The number of carbonyl (C=O) groups is 1. The summed E-state index contributed by atoms with van der Waals surface area (Å²) in [6.45, 7) is 6.70. The van der Waals surface area contributed by atoms with Crippen molar-refractivity contribution in [3.8, 4) is 0 Å². The zero-order chi connectivity index (χ0) is 12.3. The van der Waals surface area contributed by atoms with Crippen LogP contribution in [0.3, 0.4) is 0 Å². The minimum absolute atomic E-state index is 0.0260. The van der Waals surface area contributed by atoms with Gasteiger partial charge in [0.1, 0.15) is 5.76 Å². The Labute approximate surface area is 102 Å². The van der Waals surface area contributed by atoms with Crippen molar-refractivity contribution in [2.45, 2.75) is 32.7 Å². The lowest BCUT2D eigenvalue weighted by molar-refractivity contribution is 0.0582. The van der Waals surface area contributed by atoms with Gasteiger partial charge >= 0.3 is 0 Å². The molecule has 0 aliphatic carbocycles. The van der Waals surface area contributed by atoms with Gasteiger partial charge in [-0.05, 0) is 18.6 Å².